The molecule has 1 aromatic carbocycles. The topological polar surface area (TPSA) is 26.3 Å². The van der Waals surface area contributed by atoms with Crippen LogP contribution < -0.4 is 0 Å². The van der Waals surface area contributed by atoms with Crippen LogP contribution in [0.5, 0.6) is 0 Å². The second kappa shape index (κ2) is 12.1. The number of halogens is 1. The fourth-order valence-electron chi connectivity index (χ4n) is 10.0. The Bertz CT molecular complexity index is 1120. The van der Waals surface area contributed by atoms with E-state index in [2.05, 4.69) is 74.8 Å². The highest BCUT2D eigenvalue weighted by Gasteiger charge is 2.58. The van der Waals surface area contributed by atoms with Crippen LogP contribution in [0.2, 0.25) is 0 Å². The maximum atomic E-state index is 12.8. The van der Waals surface area contributed by atoms with E-state index in [0.29, 0.717) is 5.41 Å². The molecule has 1 unspecified atom stereocenters. The van der Waals surface area contributed by atoms with Crippen molar-refractivity contribution in [2.45, 2.75) is 111 Å². The van der Waals surface area contributed by atoms with E-state index in [0.717, 1.165) is 58.4 Å². The Morgan fingerprint density at radius 3 is 2.48 bits per heavy atom. The summed E-state index contributed by atoms with van der Waals surface area (Å²) in [6.45, 7) is 12.6. The highest BCUT2D eigenvalue weighted by Crippen LogP contribution is 2.67. The van der Waals surface area contributed by atoms with Crippen molar-refractivity contribution < 1.29 is 9.53 Å². The number of benzene rings is 1. The van der Waals surface area contributed by atoms with E-state index < -0.39 is 0 Å². The van der Waals surface area contributed by atoms with Gasteiger partial charge < -0.3 is 4.74 Å². The molecule has 40 heavy (non-hydrogen) atoms. The second-order valence-corrected chi connectivity index (χ2v) is 15.8. The minimum atomic E-state index is -0.237. The molecule has 0 saturated heterocycles. The third-order valence-electron chi connectivity index (χ3n) is 12.3. The van der Waals surface area contributed by atoms with Gasteiger partial charge in [-0.2, -0.15) is 0 Å². The highest BCUT2D eigenvalue weighted by molar-refractivity contribution is 9.10. The predicted molar refractivity (Wildman–Crippen MR) is 170 cm³/mol. The summed E-state index contributed by atoms with van der Waals surface area (Å²) in [5.41, 5.74) is 4.84. The fraction of sp³-hybridized carbons (Fsp3) is 0.703. The number of methoxy groups -OCH3 is 1. The summed E-state index contributed by atoms with van der Waals surface area (Å²) < 4.78 is 6.28. The lowest BCUT2D eigenvalue weighted by Crippen LogP contribution is -2.49. The number of rotatable bonds is 9. The van der Waals surface area contributed by atoms with Gasteiger partial charge in [0, 0.05) is 4.47 Å². The Morgan fingerprint density at radius 2 is 1.77 bits per heavy atom. The van der Waals surface area contributed by atoms with Crippen molar-refractivity contribution in [2.24, 2.45) is 46.3 Å². The molecule has 4 aliphatic carbocycles. The lowest BCUT2D eigenvalue weighted by atomic mass is 9.47. The summed E-state index contributed by atoms with van der Waals surface area (Å²) in [4.78, 5) is 12.8. The summed E-state index contributed by atoms with van der Waals surface area (Å²) in [5, 5.41) is 0. The van der Waals surface area contributed by atoms with Gasteiger partial charge in [0.15, 0.2) is 0 Å². The fourth-order valence-corrected chi connectivity index (χ4v) is 10.3. The number of carbonyl (C=O) groups is 1. The second-order valence-electron chi connectivity index (χ2n) is 14.9. The van der Waals surface area contributed by atoms with E-state index in [4.69, 9.17) is 4.74 Å². The Hall–Kier alpha value is -1.35. The van der Waals surface area contributed by atoms with Crippen LogP contribution in [0.4, 0.5) is 0 Å². The predicted octanol–water partition coefficient (Wildman–Crippen LogP) is 10.7. The molecule has 5 rings (SSSR count). The molecular formula is C37H53BrO2. The summed E-state index contributed by atoms with van der Waals surface area (Å²) >= 11 is 3.53. The van der Waals surface area contributed by atoms with Crippen LogP contribution in [0, 0.1) is 46.3 Å². The SMILES string of the molecule is COC(=O)[C@H](CC1=CC2=CCC3[C@@H]4CC[C@H]([C@H](C)CCCC(C)C)[C@@]4(C)CC[C@@H]3[C@@]2(C)CC1)c1ccc(Br)cc1. The van der Waals surface area contributed by atoms with Crippen LogP contribution in [-0.4, -0.2) is 13.1 Å². The molecule has 0 amide bonds. The standard InChI is InChI=1S/C37H53BrO2/c1-24(2)8-7-9-25(3)32-16-17-33-30-15-12-28-22-26(18-20-36(28,4)34(30)19-21-37(32,33)5)23-31(35(39)40-6)27-10-13-29(38)14-11-27/h10-14,22,24-25,30-34H,7-9,15-21,23H2,1-6H3/t25-,30?,31-,32-,33+,34+,36+,37-/m1/s1. The molecule has 0 aliphatic heterocycles. The molecule has 0 spiro atoms. The number of esters is 1. The van der Waals surface area contributed by atoms with Gasteiger partial charge in [0.25, 0.3) is 0 Å². The quantitative estimate of drug-likeness (QED) is 0.260. The van der Waals surface area contributed by atoms with Crippen molar-refractivity contribution in [1.29, 1.82) is 0 Å². The molecule has 0 heterocycles. The average Bonchev–Trinajstić information content (AvgIpc) is 3.29. The third kappa shape index (κ3) is 5.67. The van der Waals surface area contributed by atoms with Gasteiger partial charge in [-0.25, -0.2) is 0 Å². The summed E-state index contributed by atoms with van der Waals surface area (Å²) in [6.07, 6.45) is 19.4. The Labute approximate surface area is 252 Å². The zero-order valence-corrected chi connectivity index (χ0v) is 27.6. The normalized spacial score (nSPS) is 34.7. The van der Waals surface area contributed by atoms with E-state index >= 15 is 0 Å². The number of fused-ring (bicyclic) bond motifs is 5. The first-order chi connectivity index (χ1) is 19.1. The van der Waals surface area contributed by atoms with E-state index in [1.54, 1.807) is 5.57 Å². The monoisotopic (exact) mass is 608 g/mol. The maximum Gasteiger partial charge on any atom is 0.313 e. The van der Waals surface area contributed by atoms with Crippen molar-refractivity contribution >= 4 is 21.9 Å². The first-order valence-corrected chi connectivity index (χ1v) is 17.1. The van der Waals surface area contributed by atoms with E-state index in [1.165, 1.54) is 70.5 Å². The zero-order valence-electron chi connectivity index (χ0n) is 26.0. The maximum absolute atomic E-state index is 12.8. The Balaban J connectivity index is 1.32. The van der Waals surface area contributed by atoms with E-state index in [9.17, 15) is 4.79 Å². The van der Waals surface area contributed by atoms with Crippen LogP contribution in [-0.2, 0) is 9.53 Å². The Kier molecular flexibility index (Phi) is 9.11. The molecule has 0 bridgehead atoms. The summed E-state index contributed by atoms with van der Waals surface area (Å²) in [7, 11) is 1.52. The van der Waals surface area contributed by atoms with Gasteiger partial charge in [-0.05, 0) is 121 Å². The molecule has 1 aromatic rings. The van der Waals surface area contributed by atoms with Gasteiger partial charge in [-0.15, -0.1) is 0 Å². The van der Waals surface area contributed by atoms with E-state index in [1.807, 2.05) is 12.1 Å². The molecule has 4 aliphatic rings. The summed E-state index contributed by atoms with van der Waals surface area (Å²) in [5.74, 6) is 4.79. The van der Waals surface area contributed by atoms with Crippen LogP contribution in [0.3, 0.4) is 0 Å². The molecule has 2 fully saturated rings. The van der Waals surface area contributed by atoms with Crippen LogP contribution >= 0.6 is 15.9 Å². The van der Waals surface area contributed by atoms with Gasteiger partial charge in [0.05, 0.1) is 13.0 Å². The van der Waals surface area contributed by atoms with Gasteiger partial charge in [0.1, 0.15) is 0 Å². The molecule has 8 atom stereocenters. The number of hydrogen-bond donors (Lipinski definition) is 0. The molecule has 2 saturated carbocycles. The van der Waals surface area contributed by atoms with Gasteiger partial charge in [-0.3, -0.25) is 4.79 Å². The number of hydrogen-bond acceptors (Lipinski definition) is 2. The molecular weight excluding hydrogens is 556 g/mol. The van der Waals surface area contributed by atoms with Gasteiger partial charge in [-0.1, -0.05) is 99.7 Å². The van der Waals surface area contributed by atoms with Crippen molar-refractivity contribution in [3.8, 4) is 0 Å². The number of allylic oxidation sites excluding steroid dienone is 4. The average molecular weight is 610 g/mol. The zero-order chi connectivity index (χ0) is 28.7. The van der Waals surface area contributed by atoms with Gasteiger partial charge in [0.2, 0.25) is 0 Å². The van der Waals surface area contributed by atoms with Crippen LogP contribution in [0.1, 0.15) is 117 Å². The lowest BCUT2D eigenvalue weighted by molar-refractivity contribution is -0.142. The largest absolute Gasteiger partial charge is 0.469 e. The Morgan fingerprint density at radius 1 is 1.02 bits per heavy atom. The minimum Gasteiger partial charge on any atom is -0.469 e. The first kappa shape index (κ1) is 30.1. The number of ether oxygens (including phenoxy) is 1. The van der Waals surface area contributed by atoms with Crippen molar-refractivity contribution in [1.82, 2.24) is 0 Å². The highest BCUT2D eigenvalue weighted by atomic mass is 79.9. The molecule has 3 heteroatoms. The molecule has 220 valence electrons. The lowest BCUT2D eigenvalue weighted by Gasteiger charge is -2.57. The smallest absolute Gasteiger partial charge is 0.313 e. The third-order valence-corrected chi connectivity index (χ3v) is 12.8. The molecule has 0 aromatic heterocycles. The van der Waals surface area contributed by atoms with Crippen molar-refractivity contribution in [3.63, 3.8) is 0 Å². The van der Waals surface area contributed by atoms with Gasteiger partial charge >= 0.3 is 5.97 Å². The molecule has 0 N–H and O–H groups in total. The van der Waals surface area contributed by atoms with E-state index in [-0.39, 0.29) is 17.3 Å². The first-order valence-electron chi connectivity index (χ1n) is 16.3. The van der Waals surface area contributed by atoms with Crippen molar-refractivity contribution in [2.75, 3.05) is 7.11 Å². The van der Waals surface area contributed by atoms with Crippen LogP contribution in [0.15, 0.2) is 52.0 Å². The molecule has 0 radical (unpaired) electrons. The summed E-state index contributed by atoms with van der Waals surface area (Å²) in [6, 6.07) is 8.17. The minimum absolute atomic E-state index is 0.130. The number of carbonyl (C=O) groups excluding carboxylic acids is 1. The van der Waals surface area contributed by atoms with Crippen molar-refractivity contribution in [3.05, 3.63) is 57.6 Å². The van der Waals surface area contributed by atoms with Crippen LogP contribution in [0.25, 0.3) is 0 Å². The molecule has 2 nitrogen and oxygen atoms in total.